The maximum atomic E-state index is 13.6. The van der Waals surface area contributed by atoms with Crippen LogP contribution in [-0.2, 0) is 12.8 Å². The number of rotatable bonds is 4. The van der Waals surface area contributed by atoms with E-state index in [1.54, 1.807) is 42.5 Å². The molecule has 2 aromatic heterocycles. The molecule has 0 atom stereocenters. The summed E-state index contributed by atoms with van der Waals surface area (Å²) in [6.07, 6.45) is -3.49. The Labute approximate surface area is 157 Å². The summed E-state index contributed by atoms with van der Waals surface area (Å²) in [4.78, 5) is 0. The Morgan fingerprint density at radius 2 is 1.64 bits per heavy atom. The average Bonchev–Trinajstić information content (AvgIpc) is 3.10. The van der Waals surface area contributed by atoms with Gasteiger partial charge in [-0.15, -0.1) is 10.2 Å². The van der Waals surface area contributed by atoms with Gasteiger partial charge in [-0.2, -0.15) is 13.2 Å². The highest BCUT2D eigenvalue weighted by Gasteiger charge is 2.31. The van der Waals surface area contributed by atoms with Gasteiger partial charge in [0.25, 0.3) is 0 Å². The van der Waals surface area contributed by atoms with Crippen LogP contribution >= 0.6 is 0 Å². The van der Waals surface area contributed by atoms with Gasteiger partial charge in [0.1, 0.15) is 18.2 Å². The fourth-order valence-electron chi connectivity index (χ4n) is 2.73. The number of nitrogens with zero attached hydrogens (tertiary/aromatic N) is 3. The first kappa shape index (κ1) is 18.0. The number of benzene rings is 2. The smallest absolute Gasteiger partial charge is 0.417 e. The zero-order valence-electron chi connectivity index (χ0n) is 14.3. The van der Waals surface area contributed by atoms with E-state index in [-0.39, 0.29) is 18.2 Å². The number of hydrogen-bond donors (Lipinski definition) is 0. The van der Waals surface area contributed by atoms with Crippen molar-refractivity contribution in [3.8, 4) is 17.1 Å². The molecule has 4 aromatic rings. The topological polar surface area (TPSA) is 39.4 Å². The lowest BCUT2D eigenvalue weighted by molar-refractivity contribution is -0.137. The van der Waals surface area contributed by atoms with Gasteiger partial charge in [-0.05, 0) is 42.5 Å². The quantitative estimate of drug-likeness (QED) is 0.456. The predicted octanol–water partition coefficient (Wildman–Crippen LogP) is 5.13. The second-order valence-corrected chi connectivity index (χ2v) is 6.07. The molecule has 0 fully saturated rings. The average molecular weight is 387 g/mol. The molecule has 28 heavy (non-hydrogen) atoms. The maximum absolute atomic E-state index is 13.6. The lowest BCUT2D eigenvalue weighted by Gasteiger charge is -2.09. The Morgan fingerprint density at radius 1 is 0.893 bits per heavy atom. The lowest BCUT2D eigenvalue weighted by atomic mass is 10.2. The molecule has 0 N–H and O–H groups in total. The monoisotopic (exact) mass is 387 g/mol. The van der Waals surface area contributed by atoms with E-state index < -0.39 is 11.7 Å². The van der Waals surface area contributed by atoms with Crippen LogP contribution in [0.25, 0.3) is 17.0 Å². The second-order valence-electron chi connectivity index (χ2n) is 6.07. The zero-order valence-corrected chi connectivity index (χ0v) is 14.3. The molecule has 2 heterocycles. The second kappa shape index (κ2) is 6.95. The van der Waals surface area contributed by atoms with E-state index in [0.717, 1.165) is 12.3 Å². The molecule has 8 heteroatoms. The number of halogens is 4. The summed E-state index contributed by atoms with van der Waals surface area (Å²) in [7, 11) is 0. The van der Waals surface area contributed by atoms with Crippen LogP contribution in [0.1, 0.15) is 11.1 Å². The van der Waals surface area contributed by atoms with Gasteiger partial charge < -0.3 is 4.74 Å². The van der Waals surface area contributed by atoms with E-state index >= 15 is 0 Å². The van der Waals surface area contributed by atoms with E-state index in [0.29, 0.717) is 22.5 Å². The van der Waals surface area contributed by atoms with Crippen LogP contribution in [0.4, 0.5) is 17.6 Å². The van der Waals surface area contributed by atoms with Crippen molar-refractivity contribution in [3.63, 3.8) is 0 Å². The molecule has 0 spiro atoms. The summed E-state index contributed by atoms with van der Waals surface area (Å²) >= 11 is 0. The van der Waals surface area contributed by atoms with Gasteiger partial charge in [0.2, 0.25) is 0 Å². The van der Waals surface area contributed by atoms with Crippen molar-refractivity contribution in [2.24, 2.45) is 0 Å². The van der Waals surface area contributed by atoms with Crippen molar-refractivity contribution in [2.75, 3.05) is 0 Å². The third-order valence-electron chi connectivity index (χ3n) is 4.19. The first-order valence-corrected chi connectivity index (χ1v) is 8.30. The van der Waals surface area contributed by atoms with Gasteiger partial charge in [-0.25, -0.2) is 4.39 Å². The van der Waals surface area contributed by atoms with Gasteiger partial charge in [-0.3, -0.25) is 4.40 Å². The third kappa shape index (κ3) is 3.53. The van der Waals surface area contributed by atoms with E-state index in [9.17, 15) is 17.6 Å². The molecule has 142 valence electrons. The number of aromatic nitrogens is 3. The number of fused-ring (bicyclic) bond motifs is 1. The Balaban J connectivity index is 1.58. The van der Waals surface area contributed by atoms with Crippen LogP contribution in [0, 0.1) is 5.82 Å². The molecule has 4 nitrogen and oxygen atoms in total. The third-order valence-corrected chi connectivity index (χ3v) is 4.19. The predicted molar refractivity (Wildman–Crippen MR) is 94.2 cm³/mol. The molecule has 0 saturated carbocycles. The molecule has 0 radical (unpaired) electrons. The molecule has 0 bridgehead atoms. The van der Waals surface area contributed by atoms with Crippen molar-refractivity contribution in [2.45, 2.75) is 12.8 Å². The van der Waals surface area contributed by atoms with E-state index in [1.165, 1.54) is 16.5 Å². The van der Waals surface area contributed by atoms with Crippen LogP contribution in [0.3, 0.4) is 0 Å². The zero-order chi connectivity index (χ0) is 19.7. The summed E-state index contributed by atoms with van der Waals surface area (Å²) in [5, 5.41) is 7.88. The minimum atomic E-state index is -4.46. The minimum Gasteiger partial charge on any atom is -0.489 e. The van der Waals surface area contributed by atoms with Gasteiger partial charge in [0, 0.05) is 17.3 Å². The largest absolute Gasteiger partial charge is 0.489 e. The summed E-state index contributed by atoms with van der Waals surface area (Å²) in [6, 6.07) is 15.1. The highest BCUT2D eigenvalue weighted by atomic mass is 19.4. The van der Waals surface area contributed by atoms with Crippen LogP contribution in [0.5, 0.6) is 5.75 Å². The molecule has 0 aliphatic heterocycles. The first-order valence-electron chi connectivity index (χ1n) is 8.30. The Morgan fingerprint density at radius 3 is 2.36 bits per heavy atom. The first-order chi connectivity index (χ1) is 13.4. The Bertz CT molecular complexity index is 1120. The van der Waals surface area contributed by atoms with Crippen molar-refractivity contribution in [1.29, 1.82) is 0 Å². The molecule has 0 saturated heterocycles. The molecule has 0 unspecified atom stereocenters. The molecule has 4 rings (SSSR count). The Hall–Kier alpha value is -3.42. The van der Waals surface area contributed by atoms with Gasteiger partial charge in [-0.1, -0.05) is 18.2 Å². The number of ether oxygens (including phenoxy) is 1. The molecular weight excluding hydrogens is 374 g/mol. The molecule has 0 amide bonds. The summed E-state index contributed by atoms with van der Waals surface area (Å²) in [5.41, 5.74) is 0.522. The molecular formula is C20H13F4N3O. The standard InChI is InChI=1S/C20H13F4N3O/c21-17-4-2-1-3-14(17)12-28-16-8-5-13(6-9-16)19-26-25-18-10-7-15(11-27(18)19)20(22,23)24/h1-11H,12H2. The SMILES string of the molecule is Fc1ccccc1COc1ccc(-c2nnc3ccc(C(F)(F)F)cn23)cc1. The summed E-state index contributed by atoms with van der Waals surface area (Å²) in [6.45, 7) is 0.0643. The van der Waals surface area contributed by atoms with Gasteiger partial charge in [0.05, 0.1) is 5.56 Å². The normalized spacial score (nSPS) is 11.7. The van der Waals surface area contributed by atoms with Crippen molar-refractivity contribution >= 4 is 5.65 Å². The van der Waals surface area contributed by atoms with Crippen molar-refractivity contribution < 1.29 is 22.3 Å². The fourth-order valence-corrected chi connectivity index (χ4v) is 2.73. The molecule has 2 aromatic carbocycles. The van der Waals surface area contributed by atoms with Crippen molar-refractivity contribution in [1.82, 2.24) is 14.6 Å². The highest BCUT2D eigenvalue weighted by molar-refractivity contribution is 5.60. The van der Waals surface area contributed by atoms with Crippen LogP contribution in [0.15, 0.2) is 66.9 Å². The Kier molecular flexibility index (Phi) is 4.46. The summed E-state index contributed by atoms with van der Waals surface area (Å²) < 4.78 is 59.4. The lowest BCUT2D eigenvalue weighted by Crippen LogP contribution is -2.06. The summed E-state index contributed by atoms with van der Waals surface area (Å²) in [5.74, 6) is 0.424. The van der Waals surface area contributed by atoms with Gasteiger partial charge >= 0.3 is 6.18 Å². The van der Waals surface area contributed by atoms with E-state index in [2.05, 4.69) is 10.2 Å². The minimum absolute atomic E-state index is 0.0643. The number of hydrogen-bond acceptors (Lipinski definition) is 3. The van der Waals surface area contributed by atoms with Crippen LogP contribution in [-0.4, -0.2) is 14.6 Å². The number of alkyl halides is 3. The van der Waals surface area contributed by atoms with E-state index in [1.807, 2.05) is 0 Å². The van der Waals surface area contributed by atoms with Gasteiger partial charge in [0.15, 0.2) is 11.5 Å². The molecule has 0 aliphatic rings. The maximum Gasteiger partial charge on any atom is 0.417 e. The number of pyridine rings is 1. The van der Waals surface area contributed by atoms with Crippen LogP contribution in [0.2, 0.25) is 0 Å². The van der Waals surface area contributed by atoms with Crippen LogP contribution < -0.4 is 4.74 Å². The van der Waals surface area contributed by atoms with Crippen molar-refractivity contribution in [3.05, 3.63) is 83.8 Å². The fraction of sp³-hybridized carbons (Fsp3) is 0.100. The molecule has 0 aliphatic carbocycles. The highest BCUT2D eigenvalue weighted by Crippen LogP contribution is 2.30. The van der Waals surface area contributed by atoms with E-state index in [4.69, 9.17) is 4.74 Å².